The molecule has 110 valence electrons. The molecule has 20 heavy (non-hydrogen) atoms. The van der Waals surface area contributed by atoms with Crippen LogP contribution in [0.15, 0.2) is 24.3 Å². The van der Waals surface area contributed by atoms with Crippen LogP contribution in [0.25, 0.3) is 0 Å². The van der Waals surface area contributed by atoms with E-state index in [1.165, 1.54) is 12.1 Å². The third-order valence-electron chi connectivity index (χ3n) is 3.09. The molecule has 0 aliphatic rings. The highest BCUT2D eigenvalue weighted by Crippen LogP contribution is 2.09. The van der Waals surface area contributed by atoms with Crippen molar-refractivity contribution in [3.05, 3.63) is 35.6 Å². The van der Waals surface area contributed by atoms with Crippen molar-refractivity contribution in [2.75, 3.05) is 6.54 Å². The predicted molar refractivity (Wildman–Crippen MR) is 73.8 cm³/mol. The van der Waals surface area contributed by atoms with Gasteiger partial charge in [-0.2, -0.15) is 0 Å². The van der Waals surface area contributed by atoms with Gasteiger partial charge in [-0.15, -0.1) is 0 Å². The Kier molecular flexibility index (Phi) is 6.70. The Balaban J connectivity index is 2.20. The van der Waals surface area contributed by atoms with Gasteiger partial charge in [0.2, 0.25) is 5.91 Å². The molecule has 1 unspecified atom stereocenters. The molecule has 0 spiro atoms. The van der Waals surface area contributed by atoms with Gasteiger partial charge in [0.25, 0.3) is 0 Å². The Morgan fingerprint density at radius 3 is 2.50 bits per heavy atom. The summed E-state index contributed by atoms with van der Waals surface area (Å²) < 4.78 is 12.7. The average Bonchev–Trinajstić information content (AvgIpc) is 2.39. The molecule has 1 amide bonds. The smallest absolute Gasteiger partial charge is 0.303 e. The van der Waals surface area contributed by atoms with Gasteiger partial charge in [-0.1, -0.05) is 19.1 Å². The summed E-state index contributed by atoms with van der Waals surface area (Å²) in [5, 5.41) is 11.3. The Bertz CT molecular complexity index is 445. The Morgan fingerprint density at radius 2 is 1.90 bits per heavy atom. The summed E-state index contributed by atoms with van der Waals surface area (Å²) in [6.45, 7) is 2.50. The van der Waals surface area contributed by atoms with Gasteiger partial charge in [-0.3, -0.25) is 9.59 Å². The second-order valence-electron chi connectivity index (χ2n) is 4.98. The highest BCUT2D eigenvalue weighted by molar-refractivity contribution is 5.78. The second-order valence-corrected chi connectivity index (χ2v) is 4.98. The van der Waals surface area contributed by atoms with Crippen molar-refractivity contribution in [3.63, 3.8) is 0 Å². The maximum absolute atomic E-state index is 12.7. The minimum absolute atomic E-state index is 0.109. The minimum Gasteiger partial charge on any atom is -0.481 e. The van der Waals surface area contributed by atoms with Crippen LogP contribution >= 0.6 is 0 Å². The maximum atomic E-state index is 12.7. The van der Waals surface area contributed by atoms with E-state index in [1.807, 2.05) is 6.92 Å². The van der Waals surface area contributed by atoms with Gasteiger partial charge < -0.3 is 10.4 Å². The first-order chi connectivity index (χ1) is 9.47. The van der Waals surface area contributed by atoms with Gasteiger partial charge >= 0.3 is 5.97 Å². The van der Waals surface area contributed by atoms with E-state index in [-0.39, 0.29) is 30.5 Å². The predicted octanol–water partition coefficient (Wildman–Crippen LogP) is 2.38. The number of halogens is 1. The van der Waals surface area contributed by atoms with Gasteiger partial charge in [-0.05, 0) is 36.5 Å². The molecule has 0 saturated heterocycles. The summed E-state index contributed by atoms with van der Waals surface area (Å²) in [7, 11) is 0. The van der Waals surface area contributed by atoms with E-state index < -0.39 is 5.97 Å². The van der Waals surface area contributed by atoms with E-state index in [9.17, 15) is 14.0 Å². The Morgan fingerprint density at radius 1 is 1.25 bits per heavy atom. The largest absolute Gasteiger partial charge is 0.481 e. The zero-order chi connectivity index (χ0) is 15.0. The number of benzene rings is 1. The zero-order valence-corrected chi connectivity index (χ0v) is 11.6. The average molecular weight is 281 g/mol. The summed E-state index contributed by atoms with van der Waals surface area (Å²) >= 11 is 0. The van der Waals surface area contributed by atoms with Crippen LogP contribution in [0.4, 0.5) is 4.39 Å². The fourth-order valence-electron chi connectivity index (χ4n) is 1.82. The van der Waals surface area contributed by atoms with Crippen LogP contribution in [-0.4, -0.2) is 23.5 Å². The third kappa shape index (κ3) is 6.87. The SMILES string of the molecule is CC(CCNC(=O)Cc1ccc(F)cc1)CCC(=O)O. The molecule has 0 aromatic heterocycles. The molecule has 1 atom stereocenters. The van der Waals surface area contributed by atoms with E-state index >= 15 is 0 Å². The van der Waals surface area contributed by atoms with Crippen molar-refractivity contribution < 1.29 is 19.1 Å². The van der Waals surface area contributed by atoms with Crippen LogP contribution in [0.3, 0.4) is 0 Å². The molecule has 1 aromatic carbocycles. The maximum Gasteiger partial charge on any atom is 0.303 e. The van der Waals surface area contributed by atoms with E-state index in [4.69, 9.17) is 5.11 Å². The fraction of sp³-hybridized carbons (Fsp3) is 0.467. The van der Waals surface area contributed by atoms with Crippen LogP contribution < -0.4 is 5.32 Å². The highest BCUT2D eigenvalue weighted by Gasteiger charge is 2.07. The lowest BCUT2D eigenvalue weighted by atomic mass is 10.0. The number of aliphatic carboxylic acids is 1. The van der Waals surface area contributed by atoms with Crippen LogP contribution in [0.2, 0.25) is 0 Å². The zero-order valence-electron chi connectivity index (χ0n) is 11.6. The topological polar surface area (TPSA) is 66.4 Å². The van der Waals surface area contributed by atoms with Gasteiger partial charge in [0.15, 0.2) is 0 Å². The molecular weight excluding hydrogens is 261 g/mol. The molecule has 0 saturated carbocycles. The van der Waals surface area contributed by atoms with E-state index in [0.29, 0.717) is 13.0 Å². The number of nitrogens with one attached hydrogen (secondary N) is 1. The molecule has 0 aliphatic heterocycles. The first-order valence-corrected chi connectivity index (χ1v) is 6.70. The second kappa shape index (κ2) is 8.30. The Hall–Kier alpha value is -1.91. The Labute approximate surface area is 118 Å². The molecule has 5 heteroatoms. The van der Waals surface area contributed by atoms with Crippen LogP contribution in [0.1, 0.15) is 31.7 Å². The highest BCUT2D eigenvalue weighted by atomic mass is 19.1. The summed E-state index contributed by atoms with van der Waals surface area (Å²) in [6, 6.07) is 5.84. The fourth-order valence-corrected chi connectivity index (χ4v) is 1.82. The number of carboxylic acid groups (broad SMARTS) is 1. The molecule has 1 aromatic rings. The number of carboxylic acids is 1. The molecule has 0 fully saturated rings. The molecule has 0 aliphatic carbocycles. The summed E-state index contributed by atoms with van der Waals surface area (Å²) in [5.41, 5.74) is 0.767. The van der Waals surface area contributed by atoms with Gasteiger partial charge in [0, 0.05) is 13.0 Å². The van der Waals surface area contributed by atoms with Crippen LogP contribution in [0.5, 0.6) is 0 Å². The van der Waals surface area contributed by atoms with Crippen LogP contribution in [0, 0.1) is 11.7 Å². The molecule has 0 bridgehead atoms. The lowest BCUT2D eigenvalue weighted by Crippen LogP contribution is -2.27. The molecule has 0 radical (unpaired) electrons. The molecule has 1 rings (SSSR count). The number of hydrogen-bond donors (Lipinski definition) is 2. The van der Waals surface area contributed by atoms with Gasteiger partial charge in [-0.25, -0.2) is 4.39 Å². The number of carbonyl (C=O) groups is 2. The third-order valence-corrected chi connectivity index (χ3v) is 3.09. The summed E-state index contributed by atoms with van der Waals surface area (Å²) in [6.07, 6.45) is 1.75. The standard InChI is InChI=1S/C15H20FNO3/c1-11(2-7-15(19)20)8-9-17-14(18)10-12-3-5-13(16)6-4-12/h3-6,11H,2,7-10H2,1H3,(H,17,18)(H,19,20). The minimum atomic E-state index is -0.794. The number of hydrogen-bond acceptors (Lipinski definition) is 2. The lowest BCUT2D eigenvalue weighted by Gasteiger charge is -2.10. The number of rotatable bonds is 8. The van der Waals surface area contributed by atoms with Gasteiger partial charge in [0.05, 0.1) is 6.42 Å². The first-order valence-electron chi connectivity index (χ1n) is 6.70. The number of amides is 1. The van der Waals surface area contributed by atoms with Crippen molar-refractivity contribution in [2.24, 2.45) is 5.92 Å². The summed E-state index contributed by atoms with van der Waals surface area (Å²) in [4.78, 5) is 22.1. The van der Waals surface area contributed by atoms with Crippen molar-refractivity contribution >= 4 is 11.9 Å². The van der Waals surface area contributed by atoms with E-state index in [0.717, 1.165) is 12.0 Å². The molecule has 2 N–H and O–H groups in total. The van der Waals surface area contributed by atoms with Crippen molar-refractivity contribution in [1.29, 1.82) is 0 Å². The van der Waals surface area contributed by atoms with Gasteiger partial charge in [0.1, 0.15) is 5.82 Å². The van der Waals surface area contributed by atoms with Crippen molar-refractivity contribution in [3.8, 4) is 0 Å². The lowest BCUT2D eigenvalue weighted by molar-refractivity contribution is -0.137. The summed E-state index contributed by atoms with van der Waals surface area (Å²) in [5.74, 6) is -0.960. The van der Waals surface area contributed by atoms with Crippen molar-refractivity contribution in [2.45, 2.75) is 32.6 Å². The normalized spacial score (nSPS) is 11.9. The monoisotopic (exact) mass is 281 g/mol. The van der Waals surface area contributed by atoms with Crippen molar-refractivity contribution in [1.82, 2.24) is 5.32 Å². The molecule has 4 nitrogen and oxygen atoms in total. The van der Waals surface area contributed by atoms with Crippen LogP contribution in [-0.2, 0) is 16.0 Å². The number of carbonyl (C=O) groups excluding carboxylic acids is 1. The van der Waals surface area contributed by atoms with E-state index in [1.54, 1.807) is 12.1 Å². The quantitative estimate of drug-likeness (QED) is 0.768. The van der Waals surface area contributed by atoms with E-state index in [2.05, 4.69) is 5.32 Å². The molecular formula is C15H20FNO3. The molecule has 0 heterocycles. The first kappa shape index (κ1) is 16.1.